The first-order valence-corrected chi connectivity index (χ1v) is 17.3. The van der Waals surface area contributed by atoms with Crippen molar-refractivity contribution >= 4 is 35.0 Å². The standard InChI is InChI=1S/C37H45N5O7.C2H4O2/c43-25-30-21-28(13-14-34(30)44)35(45)24-39-15-2-1-3-17-48-18-7-19-49-26-27-8-4-10-31(20-27)41-37(47)42-33-12-5-11-32(22-33)40-36(46)29-9-6-16-38-23-29;1-2(3)4/h4-6,8-14,16,20-23,35,39,43-45H,1-3,7,15,17-19,24-26H2,(H,40,46)(H2,41,42,47);1H3,(H,3,4)/t35-;/m0./s1. The van der Waals surface area contributed by atoms with Gasteiger partial charge in [-0.05, 0) is 98.0 Å². The van der Waals surface area contributed by atoms with Crippen LogP contribution < -0.4 is 21.3 Å². The number of hydrogen-bond donors (Lipinski definition) is 8. The lowest BCUT2D eigenvalue weighted by atomic mass is 10.1. The van der Waals surface area contributed by atoms with Gasteiger partial charge in [0.2, 0.25) is 0 Å². The Morgan fingerprint density at radius 1 is 0.792 bits per heavy atom. The number of aromatic hydroxyl groups is 1. The highest BCUT2D eigenvalue weighted by atomic mass is 16.5. The number of pyridine rings is 1. The van der Waals surface area contributed by atoms with Crippen molar-refractivity contribution in [2.24, 2.45) is 0 Å². The molecule has 14 nitrogen and oxygen atoms in total. The fraction of sp³-hybridized carbons (Fsp3) is 0.333. The van der Waals surface area contributed by atoms with E-state index in [1.165, 1.54) is 12.3 Å². The number of ether oxygens (including phenoxy) is 2. The molecule has 284 valence electrons. The van der Waals surface area contributed by atoms with Gasteiger partial charge in [0.15, 0.2) is 0 Å². The van der Waals surface area contributed by atoms with Crippen LogP contribution in [0, 0.1) is 0 Å². The zero-order valence-electron chi connectivity index (χ0n) is 29.8. The lowest BCUT2D eigenvalue weighted by Crippen LogP contribution is -2.22. The maximum atomic E-state index is 12.6. The molecule has 8 N–H and O–H groups in total. The summed E-state index contributed by atoms with van der Waals surface area (Å²) in [7, 11) is 0. The maximum Gasteiger partial charge on any atom is 0.323 e. The van der Waals surface area contributed by atoms with E-state index in [1.807, 2.05) is 18.2 Å². The second kappa shape index (κ2) is 24.0. The van der Waals surface area contributed by atoms with Gasteiger partial charge in [-0.2, -0.15) is 0 Å². The molecule has 0 saturated heterocycles. The molecule has 53 heavy (non-hydrogen) atoms. The highest BCUT2D eigenvalue weighted by molar-refractivity contribution is 6.05. The number of nitrogens with zero attached hydrogens (tertiary/aromatic N) is 1. The smallest absolute Gasteiger partial charge is 0.323 e. The third-order valence-corrected chi connectivity index (χ3v) is 7.47. The van der Waals surface area contributed by atoms with Crippen molar-refractivity contribution < 1.29 is 44.3 Å². The average Bonchev–Trinajstić information content (AvgIpc) is 3.14. The normalized spacial score (nSPS) is 11.2. The van der Waals surface area contributed by atoms with E-state index in [9.17, 15) is 24.9 Å². The number of carboxylic acid groups (broad SMARTS) is 1. The number of phenols is 1. The molecule has 0 aliphatic rings. The van der Waals surface area contributed by atoms with Crippen LogP contribution in [0.2, 0.25) is 0 Å². The number of nitrogens with one attached hydrogen (secondary N) is 4. The van der Waals surface area contributed by atoms with Crippen LogP contribution in [-0.2, 0) is 27.5 Å². The highest BCUT2D eigenvalue weighted by Crippen LogP contribution is 2.22. The van der Waals surface area contributed by atoms with E-state index in [-0.39, 0.29) is 18.3 Å². The largest absolute Gasteiger partial charge is 0.508 e. The summed E-state index contributed by atoms with van der Waals surface area (Å²) in [5, 5.41) is 48.3. The average molecular weight is 732 g/mol. The number of unbranched alkanes of at least 4 members (excludes halogenated alkanes) is 2. The lowest BCUT2D eigenvalue weighted by molar-refractivity contribution is -0.134. The van der Waals surface area contributed by atoms with Crippen LogP contribution in [0.3, 0.4) is 0 Å². The molecule has 0 bridgehead atoms. The first-order valence-electron chi connectivity index (χ1n) is 17.3. The number of aliphatic hydroxyl groups excluding tert-OH is 2. The van der Waals surface area contributed by atoms with E-state index in [0.717, 1.165) is 44.7 Å². The van der Waals surface area contributed by atoms with E-state index in [4.69, 9.17) is 19.4 Å². The van der Waals surface area contributed by atoms with E-state index < -0.39 is 18.1 Å². The molecule has 1 aromatic heterocycles. The Kier molecular flexibility index (Phi) is 19.0. The molecule has 0 aliphatic carbocycles. The zero-order chi connectivity index (χ0) is 38.3. The number of hydrogen-bond acceptors (Lipinski definition) is 10. The Morgan fingerprint density at radius 2 is 1.47 bits per heavy atom. The fourth-order valence-electron chi connectivity index (χ4n) is 4.89. The van der Waals surface area contributed by atoms with E-state index >= 15 is 0 Å². The number of aliphatic carboxylic acids is 1. The van der Waals surface area contributed by atoms with Crippen molar-refractivity contribution in [1.29, 1.82) is 0 Å². The predicted molar refractivity (Wildman–Crippen MR) is 202 cm³/mol. The van der Waals surface area contributed by atoms with Crippen LogP contribution >= 0.6 is 0 Å². The Morgan fingerprint density at radius 3 is 2.19 bits per heavy atom. The number of carboxylic acids is 1. The molecule has 0 aliphatic heterocycles. The SMILES string of the molecule is CC(=O)O.O=C(Nc1cccc(COCCCOCCCCCNC[C@H](O)c2ccc(O)c(CO)c2)c1)Nc1cccc(NC(=O)c2cccnc2)c1. The summed E-state index contributed by atoms with van der Waals surface area (Å²) in [5.74, 6) is -1.10. The molecule has 0 radical (unpaired) electrons. The Labute approximate surface area is 309 Å². The minimum absolute atomic E-state index is 0.0216. The van der Waals surface area contributed by atoms with Crippen molar-refractivity contribution in [3.63, 3.8) is 0 Å². The van der Waals surface area contributed by atoms with Crippen LogP contribution in [0.1, 0.15) is 65.8 Å². The molecule has 0 spiro atoms. The third-order valence-electron chi connectivity index (χ3n) is 7.47. The molecule has 1 heterocycles. The highest BCUT2D eigenvalue weighted by Gasteiger charge is 2.11. The Hall–Kier alpha value is -5.38. The summed E-state index contributed by atoms with van der Waals surface area (Å²) < 4.78 is 11.5. The van der Waals surface area contributed by atoms with Crippen molar-refractivity contribution in [2.45, 2.75) is 51.9 Å². The number of benzene rings is 3. The molecular formula is C39H49N5O9. The van der Waals surface area contributed by atoms with Crippen LogP contribution in [0.25, 0.3) is 0 Å². The molecule has 4 aromatic rings. The lowest BCUT2D eigenvalue weighted by Gasteiger charge is -2.14. The van der Waals surface area contributed by atoms with Gasteiger partial charge in [-0.15, -0.1) is 0 Å². The number of rotatable bonds is 20. The van der Waals surface area contributed by atoms with E-state index in [0.29, 0.717) is 66.7 Å². The van der Waals surface area contributed by atoms with Crippen LogP contribution in [-0.4, -0.2) is 76.2 Å². The summed E-state index contributed by atoms with van der Waals surface area (Å²) in [5.41, 5.74) is 4.12. The van der Waals surface area contributed by atoms with Gasteiger partial charge in [-0.1, -0.05) is 24.3 Å². The van der Waals surface area contributed by atoms with Crippen molar-refractivity contribution in [2.75, 3.05) is 48.9 Å². The van der Waals surface area contributed by atoms with Crippen molar-refractivity contribution in [3.8, 4) is 5.75 Å². The Balaban J connectivity index is 0.00000180. The van der Waals surface area contributed by atoms with Gasteiger partial charge in [0.05, 0.1) is 24.9 Å². The molecule has 0 unspecified atom stereocenters. The molecule has 0 fully saturated rings. The van der Waals surface area contributed by atoms with Crippen LogP contribution in [0.15, 0.2) is 91.3 Å². The molecule has 14 heteroatoms. The van der Waals surface area contributed by atoms with Gasteiger partial charge >= 0.3 is 6.03 Å². The van der Waals surface area contributed by atoms with Gasteiger partial charge < -0.3 is 51.2 Å². The molecule has 4 rings (SSSR count). The molecule has 1 atom stereocenters. The first kappa shape index (κ1) is 42.0. The summed E-state index contributed by atoms with van der Waals surface area (Å²) in [6.07, 6.45) is 6.07. The number of amides is 3. The number of carbonyl (C=O) groups is 3. The van der Waals surface area contributed by atoms with Gasteiger partial charge in [-0.25, -0.2) is 4.79 Å². The van der Waals surface area contributed by atoms with Gasteiger partial charge in [0.25, 0.3) is 11.9 Å². The topological polar surface area (TPSA) is 212 Å². The second-order valence-electron chi connectivity index (χ2n) is 11.9. The second-order valence-corrected chi connectivity index (χ2v) is 11.9. The summed E-state index contributed by atoms with van der Waals surface area (Å²) in [4.78, 5) is 38.0. The third kappa shape index (κ3) is 17.1. The van der Waals surface area contributed by atoms with Crippen LogP contribution in [0.5, 0.6) is 5.75 Å². The van der Waals surface area contributed by atoms with Gasteiger partial charge in [0.1, 0.15) is 5.75 Å². The number of carbonyl (C=O) groups excluding carboxylic acids is 2. The van der Waals surface area contributed by atoms with Crippen LogP contribution in [0.4, 0.5) is 21.9 Å². The minimum Gasteiger partial charge on any atom is -0.508 e. The fourth-order valence-corrected chi connectivity index (χ4v) is 4.89. The molecule has 3 amide bonds. The molecule has 3 aromatic carbocycles. The molecule has 0 saturated carbocycles. The van der Waals surface area contributed by atoms with Crippen molar-refractivity contribution in [1.82, 2.24) is 10.3 Å². The van der Waals surface area contributed by atoms with Crippen molar-refractivity contribution in [3.05, 3.63) is 114 Å². The molecular weight excluding hydrogens is 682 g/mol. The monoisotopic (exact) mass is 731 g/mol. The number of aromatic nitrogens is 1. The number of aliphatic hydroxyl groups is 2. The number of urea groups is 1. The summed E-state index contributed by atoms with van der Waals surface area (Å²) in [6, 6.07) is 22.0. The first-order chi connectivity index (χ1) is 25.6. The minimum atomic E-state index is -0.833. The van der Waals surface area contributed by atoms with Gasteiger partial charge in [-0.3, -0.25) is 14.6 Å². The van der Waals surface area contributed by atoms with E-state index in [2.05, 4.69) is 26.3 Å². The predicted octanol–water partition coefficient (Wildman–Crippen LogP) is 5.68. The maximum absolute atomic E-state index is 12.6. The summed E-state index contributed by atoms with van der Waals surface area (Å²) in [6.45, 7) is 4.24. The summed E-state index contributed by atoms with van der Waals surface area (Å²) >= 11 is 0. The van der Waals surface area contributed by atoms with E-state index in [1.54, 1.807) is 60.8 Å². The quantitative estimate of drug-likeness (QED) is 0.0518. The van der Waals surface area contributed by atoms with Gasteiger partial charge in [0, 0.05) is 68.3 Å². The zero-order valence-corrected chi connectivity index (χ0v) is 29.8. The Bertz CT molecular complexity index is 1700. The number of anilines is 3.